The largest absolute Gasteiger partial charge is 0.338 e. The highest BCUT2D eigenvalue weighted by molar-refractivity contribution is 7.89. The van der Waals surface area contributed by atoms with Crippen LogP contribution in [0.4, 0.5) is 0 Å². The molecule has 20 heavy (non-hydrogen) atoms. The molecule has 1 fully saturated rings. The maximum absolute atomic E-state index is 12.4. The highest BCUT2D eigenvalue weighted by atomic mass is 32.2. The van der Waals surface area contributed by atoms with Gasteiger partial charge in [-0.15, -0.1) is 0 Å². The normalized spacial score (nSPS) is 23.8. The predicted molar refractivity (Wildman–Crippen MR) is 78.7 cm³/mol. The highest BCUT2D eigenvalue weighted by Crippen LogP contribution is 2.24. The first-order valence-corrected chi connectivity index (χ1v) is 9.05. The zero-order chi connectivity index (χ0) is 14.6. The Morgan fingerprint density at radius 2 is 2.20 bits per heavy atom. The summed E-state index contributed by atoms with van der Waals surface area (Å²) in [4.78, 5) is 14.1. The molecule has 1 saturated heterocycles. The number of carbonyl (C=O) groups is 1. The van der Waals surface area contributed by atoms with Crippen molar-refractivity contribution in [2.45, 2.75) is 51.0 Å². The van der Waals surface area contributed by atoms with Crippen LogP contribution < -0.4 is 4.72 Å². The van der Waals surface area contributed by atoms with Crippen LogP contribution >= 0.6 is 0 Å². The molecule has 1 atom stereocenters. The number of amides is 1. The molecule has 114 valence electrons. The molecule has 1 N–H and O–H groups in total. The highest BCUT2D eigenvalue weighted by Gasteiger charge is 2.32. The fourth-order valence-electron chi connectivity index (χ4n) is 3.03. The smallest absolute Gasteiger partial charge is 0.226 e. The van der Waals surface area contributed by atoms with Gasteiger partial charge in [-0.3, -0.25) is 4.79 Å². The molecule has 6 heteroatoms. The van der Waals surface area contributed by atoms with E-state index in [1.54, 1.807) is 4.90 Å². The Kier molecular flexibility index (Phi) is 5.21. The van der Waals surface area contributed by atoms with Crippen LogP contribution in [0, 0.1) is 0 Å². The lowest BCUT2D eigenvalue weighted by molar-refractivity contribution is -0.130. The Hall–Kier alpha value is -0.880. The number of allylic oxidation sites excluding steroid dienone is 1. The third-order valence-electron chi connectivity index (χ3n) is 4.18. The number of nitrogens with one attached hydrogen (secondary N) is 1. The van der Waals surface area contributed by atoms with Crippen LogP contribution in [0.2, 0.25) is 0 Å². The number of sulfonamides is 1. The molecule has 0 aromatic carbocycles. The molecule has 0 saturated carbocycles. The zero-order valence-electron chi connectivity index (χ0n) is 12.1. The van der Waals surface area contributed by atoms with Gasteiger partial charge in [-0.05, 0) is 45.6 Å². The molecule has 0 unspecified atom stereocenters. The first-order chi connectivity index (χ1) is 9.52. The van der Waals surface area contributed by atoms with Crippen LogP contribution in [-0.2, 0) is 14.8 Å². The van der Waals surface area contributed by atoms with E-state index < -0.39 is 10.0 Å². The lowest BCUT2D eigenvalue weighted by atomic mass is 9.97. The lowest BCUT2D eigenvalue weighted by Gasteiger charge is -2.25. The third-order valence-corrected chi connectivity index (χ3v) is 5.63. The summed E-state index contributed by atoms with van der Waals surface area (Å²) in [6.45, 7) is 0.690. The van der Waals surface area contributed by atoms with E-state index in [2.05, 4.69) is 10.8 Å². The SMILES string of the molecule is CNS(=O)(=O)C[C@@H]1CCCN1C(=O)CC1=CCCCC1. The number of likely N-dealkylation sites (tertiary alicyclic amines) is 1. The first-order valence-electron chi connectivity index (χ1n) is 7.40. The molecule has 0 radical (unpaired) electrons. The molecule has 0 aromatic heterocycles. The number of hydrogen-bond donors (Lipinski definition) is 1. The van der Waals surface area contributed by atoms with Gasteiger partial charge >= 0.3 is 0 Å². The molecule has 1 heterocycles. The van der Waals surface area contributed by atoms with E-state index in [1.165, 1.54) is 19.0 Å². The summed E-state index contributed by atoms with van der Waals surface area (Å²) in [5, 5.41) is 0. The topological polar surface area (TPSA) is 66.5 Å². The van der Waals surface area contributed by atoms with Gasteiger partial charge in [-0.2, -0.15) is 0 Å². The number of nitrogens with zero attached hydrogens (tertiary/aromatic N) is 1. The van der Waals surface area contributed by atoms with Crippen LogP contribution in [0.5, 0.6) is 0 Å². The summed E-state index contributed by atoms with van der Waals surface area (Å²) < 4.78 is 25.6. The van der Waals surface area contributed by atoms with Gasteiger partial charge in [-0.1, -0.05) is 11.6 Å². The summed E-state index contributed by atoms with van der Waals surface area (Å²) in [5.74, 6) is 0.112. The van der Waals surface area contributed by atoms with Crippen molar-refractivity contribution < 1.29 is 13.2 Å². The van der Waals surface area contributed by atoms with Gasteiger partial charge in [0.1, 0.15) is 0 Å². The minimum atomic E-state index is -3.26. The Bertz CT molecular complexity index is 485. The summed E-state index contributed by atoms with van der Waals surface area (Å²) in [6.07, 6.45) is 8.79. The second-order valence-corrected chi connectivity index (χ2v) is 7.62. The standard InChI is InChI=1S/C14H24N2O3S/c1-15-20(18,19)11-13-8-5-9-16(13)14(17)10-12-6-3-2-4-7-12/h6,13,15H,2-5,7-11H2,1H3/t13-/m0/s1. The summed E-state index contributed by atoms with van der Waals surface area (Å²) in [6, 6.07) is -0.163. The third kappa shape index (κ3) is 4.06. The van der Waals surface area contributed by atoms with Gasteiger partial charge in [0.05, 0.1) is 5.75 Å². The van der Waals surface area contributed by atoms with E-state index in [1.807, 2.05) is 0 Å². The van der Waals surface area contributed by atoms with E-state index in [0.717, 1.165) is 32.1 Å². The fraction of sp³-hybridized carbons (Fsp3) is 0.786. The summed E-state index contributed by atoms with van der Waals surface area (Å²) in [7, 11) is -1.84. The monoisotopic (exact) mass is 300 g/mol. The average Bonchev–Trinajstić information content (AvgIpc) is 2.87. The molecule has 0 aromatic rings. The second kappa shape index (κ2) is 6.72. The Morgan fingerprint density at radius 1 is 1.40 bits per heavy atom. The van der Waals surface area contributed by atoms with Crippen molar-refractivity contribution in [3.63, 3.8) is 0 Å². The van der Waals surface area contributed by atoms with E-state index in [-0.39, 0.29) is 17.7 Å². The molecule has 0 bridgehead atoms. The van der Waals surface area contributed by atoms with Crippen molar-refractivity contribution in [1.82, 2.24) is 9.62 Å². The Labute approximate surface area is 121 Å². The first kappa shape index (κ1) is 15.5. The van der Waals surface area contributed by atoms with Crippen molar-refractivity contribution in [3.8, 4) is 0 Å². The van der Waals surface area contributed by atoms with Gasteiger partial charge in [0.25, 0.3) is 0 Å². The van der Waals surface area contributed by atoms with Crippen LogP contribution in [-0.4, -0.2) is 44.6 Å². The Balaban J connectivity index is 1.96. The Morgan fingerprint density at radius 3 is 2.85 bits per heavy atom. The van der Waals surface area contributed by atoms with Crippen LogP contribution in [0.3, 0.4) is 0 Å². The van der Waals surface area contributed by atoms with Crippen molar-refractivity contribution >= 4 is 15.9 Å². The van der Waals surface area contributed by atoms with Gasteiger partial charge in [-0.25, -0.2) is 13.1 Å². The molecular weight excluding hydrogens is 276 g/mol. The van der Waals surface area contributed by atoms with Gasteiger partial charge in [0, 0.05) is 19.0 Å². The second-order valence-electron chi connectivity index (χ2n) is 5.65. The summed E-state index contributed by atoms with van der Waals surface area (Å²) >= 11 is 0. The van der Waals surface area contributed by atoms with Gasteiger partial charge in [0.2, 0.25) is 15.9 Å². The van der Waals surface area contributed by atoms with E-state index in [0.29, 0.717) is 13.0 Å². The van der Waals surface area contributed by atoms with Crippen molar-refractivity contribution in [2.75, 3.05) is 19.3 Å². The molecule has 1 amide bonds. The van der Waals surface area contributed by atoms with Crippen LogP contribution in [0.15, 0.2) is 11.6 Å². The maximum Gasteiger partial charge on any atom is 0.226 e. The van der Waals surface area contributed by atoms with E-state index in [9.17, 15) is 13.2 Å². The maximum atomic E-state index is 12.4. The molecule has 1 aliphatic heterocycles. The van der Waals surface area contributed by atoms with Crippen LogP contribution in [0.1, 0.15) is 44.9 Å². The molecule has 1 aliphatic carbocycles. The van der Waals surface area contributed by atoms with Crippen molar-refractivity contribution in [2.24, 2.45) is 0 Å². The van der Waals surface area contributed by atoms with Gasteiger partial charge < -0.3 is 4.90 Å². The van der Waals surface area contributed by atoms with Gasteiger partial charge in [0.15, 0.2) is 0 Å². The van der Waals surface area contributed by atoms with Crippen LogP contribution in [0.25, 0.3) is 0 Å². The molecule has 2 aliphatic rings. The minimum absolute atomic E-state index is 0.0221. The number of carbonyl (C=O) groups excluding carboxylic acids is 1. The molecular formula is C14H24N2O3S. The lowest BCUT2D eigenvalue weighted by Crippen LogP contribution is -2.41. The predicted octanol–water partition coefficient (Wildman–Crippen LogP) is 1.42. The number of rotatable bonds is 5. The molecule has 5 nitrogen and oxygen atoms in total. The quantitative estimate of drug-likeness (QED) is 0.781. The zero-order valence-corrected chi connectivity index (χ0v) is 12.9. The molecule has 0 spiro atoms. The number of hydrogen-bond acceptors (Lipinski definition) is 3. The minimum Gasteiger partial charge on any atom is -0.338 e. The van der Waals surface area contributed by atoms with E-state index >= 15 is 0 Å². The van der Waals surface area contributed by atoms with Crippen molar-refractivity contribution in [1.29, 1.82) is 0 Å². The summed E-state index contributed by atoms with van der Waals surface area (Å²) in [5.41, 5.74) is 1.23. The van der Waals surface area contributed by atoms with E-state index in [4.69, 9.17) is 0 Å². The fourth-order valence-corrected chi connectivity index (χ4v) is 4.05. The van der Waals surface area contributed by atoms with Crippen molar-refractivity contribution in [3.05, 3.63) is 11.6 Å². The average molecular weight is 300 g/mol. The molecule has 2 rings (SSSR count).